The second kappa shape index (κ2) is 7.18. The highest BCUT2D eigenvalue weighted by molar-refractivity contribution is 6.30. The molecule has 23 heavy (non-hydrogen) atoms. The predicted octanol–water partition coefficient (Wildman–Crippen LogP) is 5.06. The van der Waals surface area contributed by atoms with Crippen LogP contribution < -0.4 is 5.32 Å². The third-order valence-electron chi connectivity index (χ3n) is 3.91. The van der Waals surface area contributed by atoms with E-state index in [4.69, 9.17) is 11.6 Å². The molecular weight excluding hydrogens is 306 g/mol. The maximum absolute atomic E-state index is 12.2. The van der Waals surface area contributed by atoms with Crippen molar-refractivity contribution in [1.82, 2.24) is 5.32 Å². The molecular formula is C20H24ClNO. The van der Waals surface area contributed by atoms with Crippen LogP contribution in [0.15, 0.2) is 48.5 Å². The van der Waals surface area contributed by atoms with Gasteiger partial charge in [-0.15, -0.1) is 0 Å². The van der Waals surface area contributed by atoms with Gasteiger partial charge in [-0.3, -0.25) is 4.79 Å². The lowest BCUT2D eigenvalue weighted by atomic mass is 9.86. The summed E-state index contributed by atoms with van der Waals surface area (Å²) in [4.78, 5) is 12.2. The molecule has 0 saturated heterocycles. The van der Waals surface area contributed by atoms with E-state index in [1.807, 2.05) is 31.2 Å². The summed E-state index contributed by atoms with van der Waals surface area (Å²) < 4.78 is 0. The average molecular weight is 330 g/mol. The van der Waals surface area contributed by atoms with Gasteiger partial charge in [-0.1, -0.05) is 68.8 Å². The second-order valence-corrected chi connectivity index (χ2v) is 7.40. The van der Waals surface area contributed by atoms with E-state index < -0.39 is 0 Å². The molecule has 0 bridgehead atoms. The van der Waals surface area contributed by atoms with Crippen LogP contribution in [-0.4, -0.2) is 5.91 Å². The van der Waals surface area contributed by atoms with Crippen molar-refractivity contribution in [1.29, 1.82) is 0 Å². The summed E-state index contributed by atoms with van der Waals surface area (Å²) in [6.45, 7) is 8.58. The van der Waals surface area contributed by atoms with Crippen LogP contribution in [-0.2, 0) is 16.6 Å². The van der Waals surface area contributed by atoms with E-state index in [-0.39, 0.29) is 17.4 Å². The lowest BCUT2D eigenvalue weighted by Gasteiger charge is -2.20. The maximum Gasteiger partial charge on any atom is 0.224 e. The van der Waals surface area contributed by atoms with Crippen LogP contribution in [0, 0.1) is 0 Å². The van der Waals surface area contributed by atoms with Gasteiger partial charge >= 0.3 is 0 Å². The number of benzene rings is 2. The molecule has 3 heteroatoms. The average Bonchev–Trinajstić information content (AvgIpc) is 2.46. The number of carbonyl (C=O) groups excluding carboxylic acids is 1. The lowest BCUT2D eigenvalue weighted by Crippen LogP contribution is -2.28. The molecule has 0 aliphatic carbocycles. The molecule has 0 aliphatic heterocycles. The first-order chi connectivity index (χ1) is 10.8. The number of rotatable bonds is 4. The lowest BCUT2D eigenvalue weighted by molar-refractivity contribution is -0.121. The van der Waals surface area contributed by atoms with Crippen molar-refractivity contribution in [3.05, 3.63) is 70.2 Å². The molecule has 0 saturated carbocycles. The molecule has 2 aromatic carbocycles. The van der Waals surface area contributed by atoms with Gasteiger partial charge < -0.3 is 5.32 Å². The first kappa shape index (κ1) is 17.6. The predicted molar refractivity (Wildman–Crippen MR) is 96.9 cm³/mol. The summed E-state index contributed by atoms with van der Waals surface area (Å²) in [5.41, 5.74) is 3.46. The number of nitrogens with one attached hydrogen (secondary N) is 1. The first-order valence-electron chi connectivity index (χ1n) is 7.90. The maximum atomic E-state index is 12.2. The number of hydrogen-bond acceptors (Lipinski definition) is 1. The van der Waals surface area contributed by atoms with Gasteiger partial charge in [0.15, 0.2) is 0 Å². The molecule has 122 valence electrons. The van der Waals surface area contributed by atoms with Crippen molar-refractivity contribution in [2.75, 3.05) is 0 Å². The zero-order chi connectivity index (χ0) is 17.0. The van der Waals surface area contributed by atoms with Gasteiger partial charge in [-0.2, -0.15) is 0 Å². The minimum absolute atomic E-state index is 0.000311. The number of halogens is 1. The monoisotopic (exact) mass is 329 g/mol. The Hall–Kier alpha value is -1.80. The van der Waals surface area contributed by atoms with Crippen molar-refractivity contribution in [3.63, 3.8) is 0 Å². The highest BCUT2D eigenvalue weighted by Gasteiger charge is 2.15. The molecule has 0 radical (unpaired) electrons. The number of hydrogen-bond donors (Lipinski definition) is 1. The molecule has 0 spiro atoms. The van der Waals surface area contributed by atoms with E-state index >= 15 is 0 Å². The molecule has 0 aromatic heterocycles. The first-order valence-corrected chi connectivity index (χ1v) is 8.28. The van der Waals surface area contributed by atoms with Crippen LogP contribution in [0.25, 0.3) is 0 Å². The van der Waals surface area contributed by atoms with Crippen molar-refractivity contribution >= 4 is 17.5 Å². The molecule has 2 aromatic rings. The van der Waals surface area contributed by atoms with Crippen LogP contribution in [0.1, 0.15) is 50.4 Å². The second-order valence-electron chi connectivity index (χ2n) is 6.97. The zero-order valence-corrected chi connectivity index (χ0v) is 14.9. The van der Waals surface area contributed by atoms with Gasteiger partial charge in [0, 0.05) is 5.02 Å². The Morgan fingerprint density at radius 1 is 1.13 bits per heavy atom. The SMILES string of the molecule is C[C@@H](NC(=O)Cc1cccc(Cl)c1)c1ccc(C(C)(C)C)cc1. The van der Waals surface area contributed by atoms with Crippen LogP contribution in [0.4, 0.5) is 0 Å². The van der Waals surface area contributed by atoms with Crippen LogP contribution >= 0.6 is 11.6 Å². The minimum Gasteiger partial charge on any atom is -0.349 e. The summed E-state index contributed by atoms with van der Waals surface area (Å²) in [7, 11) is 0. The third-order valence-corrected chi connectivity index (χ3v) is 4.14. The summed E-state index contributed by atoms with van der Waals surface area (Å²) in [6.07, 6.45) is 0.338. The van der Waals surface area contributed by atoms with Crippen LogP contribution in [0.2, 0.25) is 5.02 Å². The van der Waals surface area contributed by atoms with Crippen LogP contribution in [0.3, 0.4) is 0 Å². The highest BCUT2D eigenvalue weighted by Crippen LogP contribution is 2.24. The van der Waals surface area contributed by atoms with Gasteiger partial charge in [-0.25, -0.2) is 0 Å². The molecule has 1 atom stereocenters. The van der Waals surface area contributed by atoms with Crippen molar-refractivity contribution in [3.8, 4) is 0 Å². The van der Waals surface area contributed by atoms with E-state index in [0.717, 1.165) is 11.1 Å². The van der Waals surface area contributed by atoms with Gasteiger partial charge in [-0.05, 0) is 41.2 Å². The van der Waals surface area contributed by atoms with Crippen molar-refractivity contribution < 1.29 is 4.79 Å². The van der Waals surface area contributed by atoms with E-state index in [1.54, 1.807) is 0 Å². The number of amides is 1. The minimum atomic E-state index is -0.0179. The Morgan fingerprint density at radius 3 is 2.35 bits per heavy atom. The summed E-state index contributed by atoms with van der Waals surface area (Å²) in [6, 6.07) is 15.8. The Bertz CT molecular complexity index is 671. The molecule has 0 heterocycles. The molecule has 1 N–H and O–H groups in total. The molecule has 2 rings (SSSR count). The fourth-order valence-electron chi connectivity index (χ4n) is 2.48. The Labute approximate surface area is 143 Å². The van der Waals surface area contributed by atoms with Crippen LogP contribution in [0.5, 0.6) is 0 Å². The topological polar surface area (TPSA) is 29.1 Å². The molecule has 1 amide bonds. The molecule has 2 nitrogen and oxygen atoms in total. The zero-order valence-electron chi connectivity index (χ0n) is 14.2. The fourth-order valence-corrected chi connectivity index (χ4v) is 2.69. The van der Waals surface area contributed by atoms with Crippen molar-refractivity contribution in [2.24, 2.45) is 0 Å². The third kappa shape index (κ3) is 5.11. The summed E-state index contributed by atoms with van der Waals surface area (Å²) >= 11 is 5.95. The molecule has 0 aliphatic rings. The van der Waals surface area contributed by atoms with Gasteiger partial charge in [0.1, 0.15) is 0 Å². The molecule has 0 unspecified atom stereocenters. The summed E-state index contributed by atoms with van der Waals surface area (Å²) in [5, 5.41) is 3.69. The Balaban J connectivity index is 1.98. The standard InChI is InChI=1S/C20H24ClNO/c1-14(16-8-10-17(11-9-16)20(2,3)4)22-19(23)13-15-6-5-7-18(21)12-15/h5-12,14H,13H2,1-4H3,(H,22,23)/t14-/m1/s1. The van der Waals surface area contributed by atoms with E-state index in [0.29, 0.717) is 11.4 Å². The molecule has 0 fully saturated rings. The Morgan fingerprint density at radius 2 is 1.78 bits per heavy atom. The van der Waals surface area contributed by atoms with Crippen molar-refractivity contribution in [2.45, 2.75) is 45.6 Å². The normalized spacial score (nSPS) is 12.7. The smallest absolute Gasteiger partial charge is 0.224 e. The quantitative estimate of drug-likeness (QED) is 0.834. The number of carbonyl (C=O) groups is 1. The van der Waals surface area contributed by atoms with E-state index in [1.165, 1.54) is 5.56 Å². The van der Waals surface area contributed by atoms with Gasteiger partial charge in [0.2, 0.25) is 5.91 Å². The van der Waals surface area contributed by atoms with Gasteiger partial charge in [0.25, 0.3) is 0 Å². The Kier molecular flexibility index (Phi) is 5.48. The van der Waals surface area contributed by atoms with Gasteiger partial charge in [0.05, 0.1) is 12.5 Å². The largest absolute Gasteiger partial charge is 0.349 e. The highest BCUT2D eigenvalue weighted by atomic mass is 35.5. The van der Waals surface area contributed by atoms with E-state index in [2.05, 4.69) is 50.4 Å². The van der Waals surface area contributed by atoms with E-state index in [9.17, 15) is 4.79 Å². The summed E-state index contributed by atoms with van der Waals surface area (Å²) in [5.74, 6) is -0.000311. The fraction of sp³-hybridized carbons (Fsp3) is 0.350.